The van der Waals surface area contributed by atoms with Gasteiger partial charge >= 0.3 is 0 Å². The normalized spacial score (nSPS) is 17.9. The topological polar surface area (TPSA) is 85.3 Å². The maximum absolute atomic E-state index is 13.2. The van der Waals surface area contributed by atoms with Crippen LogP contribution in [0.1, 0.15) is 42.3 Å². The summed E-state index contributed by atoms with van der Waals surface area (Å²) in [7, 11) is 2.94. The predicted molar refractivity (Wildman–Crippen MR) is 123 cm³/mol. The fraction of sp³-hybridized carbons (Fsp3) is 0.417. The molecule has 0 spiro atoms. The van der Waals surface area contributed by atoms with Crippen LogP contribution in [0.25, 0.3) is 5.76 Å². The van der Waals surface area contributed by atoms with Crippen LogP contribution in [-0.2, 0) is 14.3 Å². The quantitative estimate of drug-likeness (QED) is 0.260. The lowest BCUT2D eigenvalue weighted by Crippen LogP contribution is -2.31. The second kappa shape index (κ2) is 10.2. The van der Waals surface area contributed by atoms with Gasteiger partial charge in [0.25, 0.3) is 11.7 Å². The minimum Gasteiger partial charge on any atom is -0.506 e. The SMILES string of the molecule is COc1cccc(OC)c1/C(O)=C1\C(=O)C(=O)N(CCCOC(C)C)C1c1sccc1C. The highest BCUT2D eigenvalue weighted by molar-refractivity contribution is 7.10. The second-order valence-electron chi connectivity index (χ2n) is 7.77. The van der Waals surface area contributed by atoms with Crippen LogP contribution >= 0.6 is 11.3 Å². The van der Waals surface area contributed by atoms with E-state index in [4.69, 9.17) is 14.2 Å². The van der Waals surface area contributed by atoms with Crippen molar-refractivity contribution in [1.82, 2.24) is 4.90 Å². The van der Waals surface area contributed by atoms with Crippen LogP contribution in [0.4, 0.5) is 0 Å². The standard InChI is InChI=1S/C24H29NO6S/c1-14(2)31-12-7-11-25-20(23-15(3)10-13-32-23)19(22(27)24(25)28)21(26)18-16(29-4)8-6-9-17(18)30-5/h6,8-10,13-14,20,26H,7,11-12H2,1-5H3/b21-19+. The van der Waals surface area contributed by atoms with Crippen molar-refractivity contribution in [1.29, 1.82) is 0 Å². The van der Waals surface area contributed by atoms with Crippen LogP contribution in [0.15, 0.2) is 35.2 Å². The van der Waals surface area contributed by atoms with Gasteiger partial charge in [0.2, 0.25) is 0 Å². The third kappa shape index (κ3) is 4.52. The van der Waals surface area contributed by atoms with E-state index >= 15 is 0 Å². The first-order valence-electron chi connectivity index (χ1n) is 10.5. The number of ketones is 1. The molecular weight excluding hydrogens is 430 g/mol. The van der Waals surface area contributed by atoms with Crippen molar-refractivity contribution in [3.63, 3.8) is 0 Å². The summed E-state index contributed by atoms with van der Waals surface area (Å²) in [5.41, 5.74) is 1.23. The van der Waals surface area contributed by atoms with E-state index in [1.807, 2.05) is 32.2 Å². The van der Waals surface area contributed by atoms with Crippen LogP contribution in [0.3, 0.4) is 0 Å². The molecule has 8 heteroatoms. The fourth-order valence-electron chi connectivity index (χ4n) is 3.82. The van der Waals surface area contributed by atoms with E-state index in [0.717, 1.165) is 10.4 Å². The van der Waals surface area contributed by atoms with Gasteiger partial charge in [-0.15, -0.1) is 11.3 Å². The van der Waals surface area contributed by atoms with Crippen molar-refractivity contribution in [2.75, 3.05) is 27.4 Å². The van der Waals surface area contributed by atoms with Crippen molar-refractivity contribution >= 4 is 28.8 Å². The van der Waals surface area contributed by atoms with Gasteiger partial charge in [0.1, 0.15) is 22.8 Å². The maximum atomic E-state index is 13.2. The number of aryl methyl sites for hydroxylation is 1. The molecule has 0 aliphatic carbocycles. The number of hydrogen-bond acceptors (Lipinski definition) is 7. The van der Waals surface area contributed by atoms with Crippen LogP contribution in [0.5, 0.6) is 11.5 Å². The summed E-state index contributed by atoms with van der Waals surface area (Å²) < 4.78 is 16.4. The van der Waals surface area contributed by atoms with Gasteiger partial charge in [0.05, 0.1) is 31.9 Å². The van der Waals surface area contributed by atoms with Crippen molar-refractivity contribution in [2.24, 2.45) is 0 Å². The number of carbonyl (C=O) groups is 2. The zero-order chi connectivity index (χ0) is 23.4. The van der Waals surface area contributed by atoms with Gasteiger partial charge < -0.3 is 24.2 Å². The highest BCUT2D eigenvalue weighted by Gasteiger charge is 2.47. The number of ether oxygens (including phenoxy) is 3. The molecule has 0 radical (unpaired) electrons. The summed E-state index contributed by atoms with van der Waals surface area (Å²) in [6.45, 7) is 6.62. The average molecular weight is 460 g/mol. The Hall–Kier alpha value is -2.84. The number of amides is 1. The molecule has 2 heterocycles. The Labute approximate surface area is 192 Å². The first-order valence-corrected chi connectivity index (χ1v) is 11.3. The number of likely N-dealkylation sites (tertiary alicyclic amines) is 1. The highest BCUT2D eigenvalue weighted by atomic mass is 32.1. The first kappa shape index (κ1) is 23.8. The van der Waals surface area contributed by atoms with E-state index in [9.17, 15) is 14.7 Å². The van der Waals surface area contributed by atoms with Crippen molar-refractivity contribution < 1.29 is 28.9 Å². The molecule has 7 nitrogen and oxygen atoms in total. The van der Waals surface area contributed by atoms with Gasteiger partial charge in [-0.1, -0.05) is 6.07 Å². The molecule has 1 fully saturated rings. The van der Waals surface area contributed by atoms with Gasteiger partial charge in [0.15, 0.2) is 0 Å². The number of carbonyl (C=O) groups excluding carboxylic acids is 2. The predicted octanol–water partition coefficient (Wildman–Crippen LogP) is 4.31. The number of thiophene rings is 1. The van der Waals surface area contributed by atoms with E-state index in [1.165, 1.54) is 30.5 Å². The minimum absolute atomic E-state index is 0.0353. The van der Waals surface area contributed by atoms with Crippen LogP contribution in [-0.4, -0.2) is 55.2 Å². The lowest BCUT2D eigenvalue weighted by atomic mass is 9.97. The summed E-state index contributed by atoms with van der Waals surface area (Å²) >= 11 is 1.45. The largest absolute Gasteiger partial charge is 0.506 e. The van der Waals surface area contributed by atoms with Crippen molar-refractivity contribution in [3.05, 3.63) is 51.2 Å². The Balaban J connectivity index is 2.12. The summed E-state index contributed by atoms with van der Waals surface area (Å²) in [5.74, 6) is -0.975. The Bertz CT molecular complexity index is 1000. The molecule has 1 atom stereocenters. The summed E-state index contributed by atoms with van der Waals surface area (Å²) in [5, 5.41) is 13.3. The maximum Gasteiger partial charge on any atom is 0.295 e. The van der Waals surface area contributed by atoms with Gasteiger partial charge in [0, 0.05) is 18.0 Å². The molecule has 1 aliphatic rings. The molecule has 32 heavy (non-hydrogen) atoms. The molecular formula is C24H29NO6S. The Morgan fingerprint density at radius 3 is 2.34 bits per heavy atom. The van der Waals surface area contributed by atoms with E-state index in [-0.39, 0.29) is 23.0 Å². The van der Waals surface area contributed by atoms with Crippen LogP contribution in [0.2, 0.25) is 0 Å². The van der Waals surface area contributed by atoms with Gasteiger partial charge in [-0.2, -0.15) is 0 Å². The molecule has 1 N–H and O–H groups in total. The fourth-order valence-corrected chi connectivity index (χ4v) is 4.87. The minimum atomic E-state index is -0.724. The zero-order valence-electron chi connectivity index (χ0n) is 19.0. The van der Waals surface area contributed by atoms with Gasteiger partial charge in [-0.05, 0) is 56.3 Å². The summed E-state index contributed by atoms with van der Waals surface area (Å²) in [6.07, 6.45) is 0.656. The number of methoxy groups -OCH3 is 2. The lowest BCUT2D eigenvalue weighted by molar-refractivity contribution is -0.140. The Kier molecular flexibility index (Phi) is 7.58. The third-order valence-corrected chi connectivity index (χ3v) is 6.42. The molecule has 1 aromatic carbocycles. The number of benzene rings is 1. The lowest BCUT2D eigenvalue weighted by Gasteiger charge is -2.25. The van der Waals surface area contributed by atoms with E-state index < -0.39 is 17.7 Å². The molecule has 1 unspecified atom stereocenters. The number of aliphatic hydroxyl groups excluding tert-OH is 1. The van der Waals surface area contributed by atoms with Crippen molar-refractivity contribution in [3.8, 4) is 11.5 Å². The van der Waals surface area contributed by atoms with E-state index in [0.29, 0.717) is 31.1 Å². The van der Waals surface area contributed by atoms with Gasteiger partial charge in [-0.3, -0.25) is 9.59 Å². The average Bonchev–Trinajstić information content (AvgIpc) is 3.30. The second-order valence-corrected chi connectivity index (χ2v) is 8.72. The molecule has 1 aromatic heterocycles. The zero-order valence-corrected chi connectivity index (χ0v) is 19.8. The number of nitrogens with zero attached hydrogens (tertiary/aromatic N) is 1. The molecule has 0 bridgehead atoms. The van der Waals surface area contributed by atoms with E-state index in [1.54, 1.807) is 18.2 Å². The number of aliphatic hydroxyl groups is 1. The highest BCUT2D eigenvalue weighted by Crippen LogP contribution is 2.45. The number of hydrogen-bond donors (Lipinski definition) is 1. The Morgan fingerprint density at radius 2 is 1.81 bits per heavy atom. The molecule has 1 amide bonds. The van der Waals surface area contributed by atoms with Crippen LogP contribution < -0.4 is 9.47 Å². The molecule has 172 valence electrons. The molecule has 1 aliphatic heterocycles. The molecule has 2 aromatic rings. The number of rotatable bonds is 9. The van der Waals surface area contributed by atoms with Crippen molar-refractivity contribution in [2.45, 2.75) is 39.3 Å². The van der Waals surface area contributed by atoms with Crippen LogP contribution in [0, 0.1) is 6.92 Å². The molecule has 3 rings (SSSR count). The van der Waals surface area contributed by atoms with Gasteiger partial charge in [-0.25, -0.2) is 0 Å². The molecule has 1 saturated heterocycles. The summed E-state index contributed by atoms with van der Waals surface area (Å²) in [4.78, 5) is 28.6. The Morgan fingerprint density at radius 1 is 1.16 bits per heavy atom. The first-order chi connectivity index (χ1) is 15.3. The monoisotopic (exact) mass is 459 g/mol. The smallest absolute Gasteiger partial charge is 0.295 e. The summed E-state index contributed by atoms with van der Waals surface area (Å²) in [6, 6.07) is 6.31. The molecule has 0 saturated carbocycles. The third-order valence-electron chi connectivity index (χ3n) is 5.35. The van der Waals surface area contributed by atoms with E-state index in [2.05, 4.69) is 0 Å². The number of Topliss-reactive ketones (excluding diaryl/α,β-unsaturated/α-hetero) is 1.